The van der Waals surface area contributed by atoms with Crippen molar-refractivity contribution < 1.29 is 18.3 Å². The number of alkyl halides is 2. The molecule has 1 rings (SSSR count). The van der Waals surface area contributed by atoms with E-state index in [1.165, 1.54) is 6.07 Å². The van der Waals surface area contributed by atoms with Gasteiger partial charge in [-0.2, -0.15) is 0 Å². The molecule has 0 bridgehead atoms. The summed E-state index contributed by atoms with van der Waals surface area (Å²) >= 11 is 0. The second kappa shape index (κ2) is 5.67. The second-order valence-corrected chi connectivity index (χ2v) is 3.42. The van der Waals surface area contributed by atoms with Crippen molar-refractivity contribution in [3.8, 4) is 0 Å². The molecule has 1 aromatic heterocycles. The summed E-state index contributed by atoms with van der Waals surface area (Å²) in [5, 5.41) is 0. The lowest BCUT2D eigenvalue weighted by molar-refractivity contribution is 0.0517. The fraction of sp³-hybridized carbons (Fsp3) is 0.455. The summed E-state index contributed by atoms with van der Waals surface area (Å²) in [6.45, 7) is 3.36. The molecule has 94 valence electrons. The molecule has 17 heavy (non-hydrogen) atoms. The fourth-order valence-electron chi connectivity index (χ4n) is 1.44. The van der Waals surface area contributed by atoms with Gasteiger partial charge in [-0.3, -0.25) is 0 Å². The zero-order chi connectivity index (χ0) is 13.0. The number of halogens is 2. The molecule has 0 aliphatic rings. The molecule has 1 heterocycles. The summed E-state index contributed by atoms with van der Waals surface area (Å²) in [7, 11) is 0. The Kier molecular flexibility index (Phi) is 4.51. The van der Waals surface area contributed by atoms with Crippen LogP contribution in [-0.4, -0.2) is 17.6 Å². The largest absolute Gasteiger partial charge is 0.461 e. The lowest BCUT2D eigenvalue weighted by Gasteiger charge is -2.11. The van der Waals surface area contributed by atoms with E-state index >= 15 is 0 Å². The summed E-state index contributed by atoms with van der Waals surface area (Å²) in [4.78, 5) is 15.1. The number of carbonyl (C=O) groups excluding carboxylic acids is 1. The molecule has 0 aromatic carbocycles. The molecule has 0 spiro atoms. The van der Waals surface area contributed by atoms with E-state index in [-0.39, 0.29) is 24.4 Å². The Morgan fingerprint density at radius 3 is 2.71 bits per heavy atom. The van der Waals surface area contributed by atoms with Crippen LogP contribution in [0.5, 0.6) is 0 Å². The van der Waals surface area contributed by atoms with Crippen molar-refractivity contribution in [3.63, 3.8) is 0 Å². The molecule has 1 aromatic rings. The molecular weight excluding hydrogens is 230 g/mol. The van der Waals surface area contributed by atoms with E-state index in [1.54, 1.807) is 13.8 Å². The van der Waals surface area contributed by atoms with Crippen LogP contribution in [0.2, 0.25) is 0 Å². The molecule has 0 aliphatic heterocycles. The van der Waals surface area contributed by atoms with Crippen molar-refractivity contribution in [3.05, 3.63) is 28.6 Å². The molecule has 0 atom stereocenters. The van der Waals surface area contributed by atoms with E-state index in [1.807, 2.05) is 0 Å². The highest BCUT2D eigenvalue weighted by Crippen LogP contribution is 2.23. The van der Waals surface area contributed by atoms with Gasteiger partial charge in [0, 0.05) is 6.54 Å². The summed E-state index contributed by atoms with van der Waals surface area (Å²) in [6, 6.07) is 1.45. The minimum atomic E-state index is -2.76. The number of aromatic nitrogens is 1. The van der Waals surface area contributed by atoms with Gasteiger partial charge in [-0.1, -0.05) is 6.07 Å². The average molecular weight is 244 g/mol. The maximum absolute atomic E-state index is 12.7. The van der Waals surface area contributed by atoms with Crippen molar-refractivity contribution in [2.24, 2.45) is 5.73 Å². The molecule has 0 radical (unpaired) electrons. The number of nitrogens with zero attached hydrogens (tertiary/aromatic N) is 1. The predicted octanol–water partition coefficient (Wildman–Crippen LogP) is 1.96. The topological polar surface area (TPSA) is 65.2 Å². The standard InChI is InChI=1S/C11H14F2N2O2/c1-3-17-11(16)8-6(2)4-7(5-14)9(15-8)10(12)13/h4,10H,3,5,14H2,1-2H3. The van der Waals surface area contributed by atoms with Gasteiger partial charge in [0.25, 0.3) is 6.43 Å². The third-order valence-corrected chi connectivity index (χ3v) is 2.22. The zero-order valence-corrected chi connectivity index (χ0v) is 9.67. The van der Waals surface area contributed by atoms with Gasteiger partial charge in [0.1, 0.15) is 5.69 Å². The van der Waals surface area contributed by atoms with Crippen LogP contribution in [0, 0.1) is 6.92 Å². The van der Waals surface area contributed by atoms with Crippen molar-refractivity contribution in [2.75, 3.05) is 6.61 Å². The normalized spacial score (nSPS) is 10.7. The third-order valence-electron chi connectivity index (χ3n) is 2.22. The predicted molar refractivity (Wildman–Crippen MR) is 57.8 cm³/mol. The summed E-state index contributed by atoms with van der Waals surface area (Å²) < 4.78 is 30.2. The number of pyridine rings is 1. The first-order chi connectivity index (χ1) is 8.01. The van der Waals surface area contributed by atoms with E-state index in [2.05, 4.69) is 4.98 Å². The maximum Gasteiger partial charge on any atom is 0.357 e. The number of ether oxygens (including phenoxy) is 1. The van der Waals surface area contributed by atoms with Gasteiger partial charge in [0.15, 0.2) is 5.69 Å². The van der Waals surface area contributed by atoms with Crippen LogP contribution in [0.15, 0.2) is 6.07 Å². The molecule has 0 amide bonds. The first-order valence-corrected chi connectivity index (χ1v) is 5.17. The van der Waals surface area contributed by atoms with Gasteiger partial charge in [-0.15, -0.1) is 0 Å². The highest BCUT2D eigenvalue weighted by atomic mass is 19.3. The van der Waals surface area contributed by atoms with E-state index in [9.17, 15) is 13.6 Å². The summed E-state index contributed by atoms with van der Waals surface area (Å²) in [5.74, 6) is -0.699. The van der Waals surface area contributed by atoms with E-state index in [0.717, 1.165) is 0 Å². The fourth-order valence-corrected chi connectivity index (χ4v) is 1.44. The van der Waals surface area contributed by atoms with E-state index in [0.29, 0.717) is 5.56 Å². The molecule has 4 nitrogen and oxygen atoms in total. The van der Waals surface area contributed by atoms with Crippen LogP contribution < -0.4 is 5.73 Å². The van der Waals surface area contributed by atoms with Crippen LogP contribution in [-0.2, 0) is 11.3 Å². The van der Waals surface area contributed by atoms with Crippen LogP contribution in [0.4, 0.5) is 8.78 Å². The minimum Gasteiger partial charge on any atom is -0.461 e. The van der Waals surface area contributed by atoms with Crippen LogP contribution in [0.1, 0.15) is 40.7 Å². The van der Waals surface area contributed by atoms with Gasteiger partial charge in [-0.25, -0.2) is 18.6 Å². The van der Waals surface area contributed by atoms with Crippen LogP contribution in [0.3, 0.4) is 0 Å². The molecule has 2 N–H and O–H groups in total. The first-order valence-electron chi connectivity index (χ1n) is 5.17. The van der Waals surface area contributed by atoms with Gasteiger partial charge in [0.05, 0.1) is 6.61 Å². The number of hydrogen-bond donors (Lipinski definition) is 1. The Morgan fingerprint density at radius 1 is 1.59 bits per heavy atom. The van der Waals surface area contributed by atoms with Crippen molar-refractivity contribution in [1.82, 2.24) is 4.98 Å². The molecule has 0 unspecified atom stereocenters. The zero-order valence-electron chi connectivity index (χ0n) is 9.67. The lowest BCUT2D eigenvalue weighted by atomic mass is 10.1. The second-order valence-electron chi connectivity index (χ2n) is 3.42. The molecule has 0 saturated carbocycles. The molecule has 0 saturated heterocycles. The number of nitrogens with two attached hydrogens (primary N) is 1. The smallest absolute Gasteiger partial charge is 0.357 e. The van der Waals surface area contributed by atoms with Gasteiger partial charge >= 0.3 is 5.97 Å². The first kappa shape index (κ1) is 13.5. The number of carbonyl (C=O) groups is 1. The minimum absolute atomic E-state index is 0.0450. The molecule has 6 heteroatoms. The number of hydrogen-bond acceptors (Lipinski definition) is 4. The molecular formula is C11H14F2N2O2. The summed E-state index contributed by atoms with van der Waals surface area (Å²) in [6.07, 6.45) is -2.76. The van der Waals surface area contributed by atoms with E-state index in [4.69, 9.17) is 10.5 Å². The van der Waals surface area contributed by atoms with Crippen LogP contribution in [0.25, 0.3) is 0 Å². The molecule has 0 fully saturated rings. The van der Waals surface area contributed by atoms with Gasteiger partial charge < -0.3 is 10.5 Å². The monoisotopic (exact) mass is 244 g/mol. The van der Waals surface area contributed by atoms with Crippen molar-refractivity contribution in [2.45, 2.75) is 26.8 Å². The SMILES string of the molecule is CCOC(=O)c1nc(C(F)F)c(CN)cc1C. The van der Waals surface area contributed by atoms with E-state index < -0.39 is 18.1 Å². The van der Waals surface area contributed by atoms with Crippen LogP contribution >= 0.6 is 0 Å². The number of rotatable bonds is 4. The highest BCUT2D eigenvalue weighted by molar-refractivity contribution is 5.89. The Morgan fingerprint density at radius 2 is 2.24 bits per heavy atom. The number of aryl methyl sites for hydroxylation is 1. The Bertz CT molecular complexity index is 422. The Hall–Kier alpha value is -1.56. The lowest BCUT2D eigenvalue weighted by Crippen LogP contribution is -2.14. The highest BCUT2D eigenvalue weighted by Gasteiger charge is 2.20. The maximum atomic E-state index is 12.7. The Balaban J connectivity index is 3.24. The summed E-state index contributed by atoms with van der Waals surface area (Å²) in [5.41, 5.74) is 5.53. The third kappa shape index (κ3) is 2.97. The molecule has 0 aliphatic carbocycles. The average Bonchev–Trinajstić information content (AvgIpc) is 2.28. The van der Waals surface area contributed by atoms with Gasteiger partial charge in [0.2, 0.25) is 0 Å². The van der Waals surface area contributed by atoms with Gasteiger partial charge in [-0.05, 0) is 25.0 Å². The van der Waals surface area contributed by atoms with Crippen molar-refractivity contribution in [1.29, 1.82) is 0 Å². The quantitative estimate of drug-likeness (QED) is 0.822. The van der Waals surface area contributed by atoms with Crippen molar-refractivity contribution >= 4 is 5.97 Å². The Labute approximate surface area is 97.8 Å². The number of esters is 1.